The van der Waals surface area contributed by atoms with Gasteiger partial charge in [-0.25, -0.2) is 9.67 Å². The molecule has 1 unspecified atom stereocenters. The van der Waals surface area contributed by atoms with Gasteiger partial charge >= 0.3 is 0 Å². The number of imidazole rings is 1. The summed E-state index contributed by atoms with van der Waals surface area (Å²) in [6.07, 6.45) is 6.64. The van der Waals surface area contributed by atoms with Gasteiger partial charge in [-0.15, -0.1) is 0 Å². The van der Waals surface area contributed by atoms with Crippen LogP contribution >= 0.6 is 0 Å². The number of hydrogen-bond acceptors (Lipinski definition) is 4. The minimum absolute atomic E-state index is 0.000266. The van der Waals surface area contributed by atoms with E-state index in [1.807, 2.05) is 54.2 Å². The smallest absolute Gasteiger partial charge is 0.152 e. The average Bonchev–Trinajstić information content (AvgIpc) is 3.33. The van der Waals surface area contributed by atoms with Crippen molar-refractivity contribution in [1.29, 1.82) is 5.26 Å². The third-order valence-electron chi connectivity index (χ3n) is 5.27. The standard InChI is InChI=1S/C22H19N5O/c1-14-24-13-22(26-14)27-20-10-18(7-6-17(20)12-25-27)28-21-4-2-3-16-9-15(11-23)5-8-19(16)21/h5-10,12-13,21H,2-4H2,1H3,(H,24,26). The fraction of sp³-hybridized carbons (Fsp3) is 0.227. The van der Waals surface area contributed by atoms with Crippen LogP contribution in [0.2, 0.25) is 0 Å². The number of benzene rings is 2. The molecule has 4 aromatic rings. The van der Waals surface area contributed by atoms with Crippen molar-refractivity contribution in [3.05, 3.63) is 71.3 Å². The summed E-state index contributed by atoms with van der Waals surface area (Å²) in [4.78, 5) is 7.48. The lowest BCUT2D eigenvalue weighted by Gasteiger charge is -2.26. The molecule has 1 aliphatic carbocycles. The molecule has 0 bridgehead atoms. The minimum Gasteiger partial charge on any atom is -0.486 e. The van der Waals surface area contributed by atoms with Crippen molar-refractivity contribution in [2.24, 2.45) is 0 Å². The van der Waals surface area contributed by atoms with Gasteiger partial charge in [0, 0.05) is 11.5 Å². The van der Waals surface area contributed by atoms with Crippen LogP contribution < -0.4 is 4.74 Å². The number of rotatable bonds is 3. The van der Waals surface area contributed by atoms with Crippen LogP contribution in [0.15, 0.2) is 48.8 Å². The number of aryl methyl sites for hydroxylation is 2. The highest BCUT2D eigenvalue weighted by Gasteiger charge is 2.22. The van der Waals surface area contributed by atoms with E-state index in [1.165, 1.54) is 11.1 Å². The molecule has 138 valence electrons. The van der Waals surface area contributed by atoms with E-state index in [9.17, 15) is 0 Å². The monoisotopic (exact) mass is 369 g/mol. The van der Waals surface area contributed by atoms with Gasteiger partial charge < -0.3 is 9.72 Å². The molecule has 0 spiro atoms. The molecule has 2 aromatic carbocycles. The predicted octanol–water partition coefficient (Wildman–Crippen LogP) is 4.39. The van der Waals surface area contributed by atoms with Crippen molar-refractivity contribution in [3.63, 3.8) is 0 Å². The highest BCUT2D eigenvalue weighted by atomic mass is 16.5. The first-order chi connectivity index (χ1) is 13.7. The molecule has 6 heteroatoms. The third kappa shape index (κ3) is 2.81. The Kier molecular flexibility index (Phi) is 3.87. The van der Waals surface area contributed by atoms with Crippen molar-refractivity contribution in [2.75, 3.05) is 0 Å². The maximum absolute atomic E-state index is 9.15. The normalized spacial score (nSPS) is 15.9. The summed E-state index contributed by atoms with van der Waals surface area (Å²) < 4.78 is 8.22. The summed E-state index contributed by atoms with van der Waals surface area (Å²) in [5.74, 6) is 2.49. The molecule has 0 amide bonds. The quantitative estimate of drug-likeness (QED) is 0.581. The molecule has 2 aromatic heterocycles. The number of aromatic amines is 1. The van der Waals surface area contributed by atoms with Crippen LogP contribution in [0, 0.1) is 18.3 Å². The molecule has 6 nitrogen and oxygen atoms in total. The Morgan fingerprint density at radius 1 is 1.21 bits per heavy atom. The second-order valence-electron chi connectivity index (χ2n) is 7.15. The topological polar surface area (TPSA) is 79.5 Å². The first-order valence-corrected chi connectivity index (χ1v) is 9.40. The molecule has 28 heavy (non-hydrogen) atoms. The van der Waals surface area contributed by atoms with E-state index in [-0.39, 0.29) is 6.10 Å². The van der Waals surface area contributed by atoms with Gasteiger partial charge in [0.05, 0.1) is 29.5 Å². The van der Waals surface area contributed by atoms with E-state index in [0.29, 0.717) is 5.56 Å². The summed E-state index contributed by atoms with van der Waals surface area (Å²) in [6.45, 7) is 1.92. The van der Waals surface area contributed by atoms with Gasteiger partial charge in [0.25, 0.3) is 0 Å². The molecule has 0 aliphatic heterocycles. The number of aromatic nitrogens is 4. The number of nitrogens with zero attached hydrogens (tertiary/aromatic N) is 4. The zero-order valence-electron chi connectivity index (χ0n) is 15.5. The summed E-state index contributed by atoms with van der Waals surface area (Å²) in [6, 6.07) is 14.2. The van der Waals surface area contributed by atoms with E-state index in [2.05, 4.69) is 21.1 Å². The van der Waals surface area contributed by atoms with Crippen molar-refractivity contribution in [3.8, 4) is 17.6 Å². The summed E-state index contributed by atoms with van der Waals surface area (Å²) in [7, 11) is 0. The molecule has 0 saturated carbocycles. The minimum atomic E-state index is -0.000266. The third-order valence-corrected chi connectivity index (χ3v) is 5.27. The highest BCUT2D eigenvalue weighted by Crippen LogP contribution is 2.35. The first kappa shape index (κ1) is 16.6. The van der Waals surface area contributed by atoms with Gasteiger partial charge in [-0.2, -0.15) is 10.4 Å². The fourth-order valence-corrected chi connectivity index (χ4v) is 3.90. The number of hydrogen-bond donors (Lipinski definition) is 1. The van der Waals surface area contributed by atoms with E-state index in [0.717, 1.165) is 47.6 Å². The van der Waals surface area contributed by atoms with E-state index < -0.39 is 0 Å². The zero-order chi connectivity index (χ0) is 19.1. The number of fused-ring (bicyclic) bond motifs is 2. The van der Waals surface area contributed by atoms with Crippen LogP contribution in [0.3, 0.4) is 0 Å². The Labute approximate surface area is 162 Å². The van der Waals surface area contributed by atoms with Crippen molar-refractivity contribution >= 4 is 10.9 Å². The molecule has 0 radical (unpaired) electrons. The van der Waals surface area contributed by atoms with Crippen molar-refractivity contribution in [2.45, 2.75) is 32.3 Å². The molecular weight excluding hydrogens is 350 g/mol. The Bertz CT molecular complexity index is 1210. The van der Waals surface area contributed by atoms with Gasteiger partial charge in [-0.1, -0.05) is 6.07 Å². The Morgan fingerprint density at radius 2 is 2.14 bits per heavy atom. The predicted molar refractivity (Wildman–Crippen MR) is 105 cm³/mol. The van der Waals surface area contributed by atoms with Gasteiger partial charge in [0.15, 0.2) is 5.82 Å². The maximum Gasteiger partial charge on any atom is 0.152 e. The van der Waals surface area contributed by atoms with Gasteiger partial charge in [0.1, 0.15) is 17.7 Å². The lowest BCUT2D eigenvalue weighted by molar-refractivity contribution is 0.183. The van der Waals surface area contributed by atoms with E-state index in [4.69, 9.17) is 10.00 Å². The molecule has 1 aliphatic rings. The van der Waals surface area contributed by atoms with E-state index >= 15 is 0 Å². The fourth-order valence-electron chi connectivity index (χ4n) is 3.90. The van der Waals surface area contributed by atoms with Crippen LogP contribution in [-0.4, -0.2) is 19.7 Å². The number of ether oxygens (including phenoxy) is 1. The number of H-pyrrole nitrogens is 1. The van der Waals surface area contributed by atoms with Gasteiger partial charge in [0.2, 0.25) is 0 Å². The molecule has 0 saturated heterocycles. The number of nitriles is 1. The molecule has 0 fully saturated rings. The Morgan fingerprint density at radius 3 is 2.96 bits per heavy atom. The van der Waals surface area contributed by atoms with E-state index in [1.54, 1.807) is 6.20 Å². The van der Waals surface area contributed by atoms with Crippen molar-refractivity contribution < 1.29 is 4.74 Å². The van der Waals surface area contributed by atoms with Gasteiger partial charge in [-0.05, 0) is 61.6 Å². The Balaban J connectivity index is 1.49. The summed E-state index contributed by atoms with van der Waals surface area (Å²) in [5, 5.41) is 14.7. The zero-order valence-corrected chi connectivity index (χ0v) is 15.5. The molecular formula is C22H19N5O. The van der Waals surface area contributed by atoms with Crippen LogP contribution in [-0.2, 0) is 6.42 Å². The second kappa shape index (κ2) is 6.54. The van der Waals surface area contributed by atoms with Crippen molar-refractivity contribution in [1.82, 2.24) is 19.7 Å². The van der Waals surface area contributed by atoms with Gasteiger partial charge in [-0.3, -0.25) is 0 Å². The summed E-state index contributed by atoms with van der Waals surface area (Å²) >= 11 is 0. The van der Waals surface area contributed by atoms with Crippen LogP contribution in [0.4, 0.5) is 0 Å². The highest BCUT2D eigenvalue weighted by molar-refractivity contribution is 5.81. The summed E-state index contributed by atoms with van der Waals surface area (Å²) in [5.41, 5.74) is 4.08. The Hall–Kier alpha value is -3.59. The first-order valence-electron chi connectivity index (χ1n) is 9.40. The lowest BCUT2D eigenvalue weighted by Crippen LogP contribution is -2.15. The second-order valence-corrected chi connectivity index (χ2v) is 7.15. The molecule has 1 N–H and O–H groups in total. The molecule has 5 rings (SSSR count). The average molecular weight is 369 g/mol. The van der Waals surface area contributed by atoms with Crippen LogP contribution in [0.5, 0.6) is 5.75 Å². The maximum atomic E-state index is 9.15. The largest absolute Gasteiger partial charge is 0.486 e. The number of nitrogens with one attached hydrogen (secondary N) is 1. The van der Waals surface area contributed by atoms with Crippen LogP contribution in [0.25, 0.3) is 16.7 Å². The molecule has 2 heterocycles. The SMILES string of the molecule is Cc1ncc(-n2ncc3ccc(OC4CCCc5cc(C#N)ccc54)cc32)[nH]1. The van der Waals surface area contributed by atoms with Crippen LogP contribution in [0.1, 0.15) is 41.5 Å². The molecule has 1 atom stereocenters. The lowest BCUT2D eigenvalue weighted by atomic mass is 9.88.